The summed E-state index contributed by atoms with van der Waals surface area (Å²) < 4.78 is 0. The van der Waals surface area contributed by atoms with Crippen molar-refractivity contribution in [2.45, 2.75) is 38.6 Å². The van der Waals surface area contributed by atoms with Crippen molar-refractivity contribution in [3.05, 3.63) is 35.4 Å². The largest absolute Gasteiger partial charge is 0.313 e. The van der Waals surface area contributed by atoms with Crippen LogP contribution in [0.25, 0.3) is 0 Å². The molecule has 76 valence electrons. The minimum Gasteiger partial charge on any atom is -0.313 e. The molecule has 1 heteroatoms. The summed E-state index contributed by atoms with van der Waals surface area (Å²) >= 11 is 0. The molecule has 1 unspecified atom stereocenters. The van der Waals surface area contributed by atoms with Gasteiger partial charge in [0.05, 0.1) is 0 Å². The molecule has 0 amide bonds. The molecule has 14 heavy (non-hydrogen) atoms. The molecule has 0 aromatic heterocycles. The van der Waals surface area contributed by atoms with Gasteiger partial charge < -0.3 is 5.32 Å². The lowest BCUT2D eigenvalue weighted by atomic mass is 9.99. The van der Waals surface area contributed by atoms with Gasteiger partial charge in [0.25, 0.3) is 0 Å². The third kappa shape index (κ3) is 2.58. The fourth-order valence-corrected chi connectivity index (χ4v) is 1.73. The molecule has 0 heterocycles. The molecule has 1 fully saturated rings. The van der Waals surface area contributed by atoms with Crippen molar-refractivity contribution in [1.82, 2.24) is 5.32 Å². The van der Waals surface area contributed by atoms with Crippen molar-refractivity contribution in [3.8, 4) is 0 Å². The van der Waals surface area contributed by atoms with E-state index in [-0.39, 0.29) is 0 Å². The van der Waals surface area contributed by atoms with E-state index >= 15 is 0 Å². The van der Waals surface area contributed by atoms with Crippen molar-refractivity contribution in [2.24, 2.45) is 0 Å². The van der Waals surface area contributed by atoms with Crippen LogP contribution >= 0.6 is 0 Å². The standard InChI is InChI=1S/C13H19N/c1-10-4-3-5-12(8-10)11(2)9-14-13-6-7-13/h3-5,8,11,13-14H,6-7,9H2,1-2H3. The Kier molecular flexibility index (Phi) is 2.87. The zero-order valence-electron chi connectivity index (χ0n) is 9.09. The fraction of sp³-hybridized carbons (Fsp3) is 0.538. The lowest BCUT2D eigenvalue weighted by molar-refractivity contribution is 0.611. The summed E-state index contributed by atoms with van der Waals surface area (Å²) in [6, 6.07) is 9.65. The average molecular weight is 189 g/mol. The molecule has 1 aliphatic carbocycles. The Morgan fingerprint density at radius 1 is 1.43 bits per heavy atom. The molecule has 1 aromatic carbocycles. The van der Waals surface area contributed by atoms with Crippen LogP contribution in [-0.2, 0) is 0 Å². The Morgan fingerprint density at radius 2 is 2.21 bits per heavy atom. The number of rotatable bonds is 4. The Balaban J connectivity index is 1.91. The summed E-state index contributed by atoms with van der Waals surface area (Å²) in [6.45, 7) is 5.57. The van der Waals surface area contributed by atoms with Crippen molar-refractivity contribution in [2.75, 3.05) is 6.54 Å². The van der Waals surface area contributed by atoms with Crippen LogP contribution in [0.1, 0.15) is 36.8 Å². The van der Waals surface area contributed by atoms with Gasteiger partial charge >= 0.3 is 0 Å². The van der Waals surface area contributed by atoms with Gasteiger partial charge in [-0.25, -0.2) is 0 Å². The summed E-state index contributed by atoms with van der Waals surface area (Å²) in [5, 5.41) is 3.57. The molecule has 1 saturated carbocycles. The first-order valence-corrected chi connectivity index (χ1v) is 5.55. The quantitative estimate of drug-likeness (QED) is 0.768. The highest BCUT2D eigenvalue weighted by atomic mass is 14.9. The molecule has 1 aliphatic rings. The molecule has 1 nitrogen and oxygen atoms in total. The van der Waals surface area contributed by atoms with Gasteiger partial charge in [0, 0.05) is 12.6 Å². The van der Waals surface area contributed by atoms with Crippen molar-refractivity contribution in [3.63, 3.8) is 0 Å². The summed E-state index contributed by atoms with van der Waals surface area (Å²) in [5.74, 6) is 0.635. The first-order valence-electron chi connectivity index (χ1n) is 5.55. The second-order valence-electron chi connectivity index (χ2n) is 4.50. The van der Waals surface area contributed by atoms with Gasteiger partial charge in [-0.05, 0) is 31.2 Å². The Morgan fingerprint density at radius 3 is 2.86 bits per heavy atom. The van der Waals surface area contributed by atoms with Crippen LogP contribution in [0.3, 0.4) is 0 Å². The molecular weight excluding hydrogens is 170 g/mol. The molecule has 1 atom stereocenters. The summed E-state index contributed by atoms with van der Waals surface area (Å²) in [4.78, 5) is 0. The van der Waals surface area contributed by atoms with Gasteiger partial charge in [-0.2, -0.15) is 0 Å². The minimum absolute atomic E-state index is 0.635. The molecular formula is C13H19N. The Hall–Kier alpha value is -0.820. The molecule has 0 radical (unpaired) electrons. The summed E-state index contributed by atoms with van der Waals surface area (Å²) in [6.07, 6.45) is 2.75. The number of hydrogen-bond donors (Lipinski definition) is 1. The predicted octanol–water partition coefficient (Wildman–Crippen LogP) is 2.85. The molecule has 1 aromatic rings. The monoisotopic (exact) mass is 189 g/mol. The van der Waals surface area contributed by atoms with Crippen LogP contribution in [0.2, 0.25) is 0 Å². The van der Waals surface area contributed by atoms with Crippen LogP contribution in [0.15, 0.2) is 24.3 Å². The lowest BCUT2D eigenvalue weighted by Gasteiger charge is -2.13. The van der Waals surface area contributed by atoms with E-state index < -0.39 is 0 Å². The van der Waals surface area contributed by atoms with Crippen molar-refractivity contribution < 1.29 is 0 Å². The zero-order valence-corrected chi connectivity index (χ0v) is 9.09. The van der Waals surface area contributed by atoms with Crippen LogP contribution in [-0.4, -0.2) is 12.6 Å². The molecule has 0 saturated heterocycles. The van der Waals surface area contributed by atoms with E-state index in [1.54, 1.807) is 0 Å². The topological polar surface area (TPSA) is 12.0 Å². The van der Waals surface area contributed by atoms with Crippen molar-refractivity contribution >= 4 is 0 Å². The highest BCUT2D eigenvalue weighted by Crippen LogP contribution is 2.21. The molecule has 0 aliphatic heterocycles. The van der Waals surface area contributed by atoms with Gasteiger partial charge in [-0.15, -0.1) is 0 Å². The minimum atomic E-state index is 0.635. The normalized spacial score (nSPS) is 18.1. The van der Waals surface area contributed by atoms with Crippen LogP contribution in [0.4, 0.5) is 0 Å². The van der Waals surface area contributed by atoms with Gasteiger partial charge in [0.1, 0.15) is 0 Å². The first-order chi connectivity index (χ1) is 6.75. The third-order valence-corrected chi connectivity index (χ3v) is 2.90. The summed E-state index contributed by atoms with van der Waals surface area (Å²) in [7, 11) is 0. The average Bonchev–Trinajstić information content (AvgIpc) is 2.97. The first kappa shape index (κ1) is 9.72. The van der Waals surface area contributed by atoms with Gasteiger partial charge in [-0.1, -0.05) is 36.8 Å². The number of hydrogen-bond acceptors (Lipinski definition) is 1. The Bertz CT molecular complexity index is 302. The van der Waals surface area contributed by atoms with Gasteiger partial charge in [0.15, 0.2) is 0 Å². The van der Waals surface area contributed by atoms with Gasteiger partial charge in [0.2, 0.25) is 0 Å². The van der Waals surface area contributed by atoms with E-state index in [9.17, 15) is 0 Å². The highest BCUT2D eigenvalue weighted by Gasteiger charge is 2.21. The maximum absolute atomic E-state index is 3.57. The Labute approximate surface area is 86.5 Å². The maximum Gasteiger partial charge on any atom is 0.00684 e. The van der Waals surface area contributed by atoms with E-state index in [0.29, 0.717) is 5.92 Å². The van der Waals surface area contributed by atoms with Crippen LogP contribution < -0.4 is 5.32 Å². The van der Waals surface area contributed by atoms with Gasteiger partial charge in [-0.3, -0.25) is 0 Å². The van der Waals surface area contributed by atoms with E-state index in [2.05, 4.69) is 43.4 Å². The summed E-state index contributed by atoms with van der Waals surface area (Å²) in [5.41, 5.74) is 2.82. The number of nitrogens with one attached hydrogen (secondary N) is 1. The number of aryl methyl sites for hydroxylation is 1. The number of benzene rings is 1. The smallest absolute Gasteiger partial charge is 0.00684 e. The molecule has 2 rings (SSSR count). The van der Waals surface area contributed by atoms with Crippen molar-refractivity contribution in [1.29, 1.82) is 0 Å². The molecule has 1 N–H and O–H groups in total. The third-order valence-electron chi connectivity index (χ3n) is 2.90. The second kappa shape index (κ2) is 4.14. The fourth-order valence-electron chi connectivity index (χ4n) is 1.73. The highest BCUT2D eigenvalue weighted by molar-refractivity contribution is 5.25. The SMILES string of the molecule is Cc1cccc(C(C)CNC2CC2)c1. The molecule has 0 bridgehead atoms. The molecule has 0 spiro atoms. The van der Waals surface area contributed by atoms with E-state index in [1.165, 1.54) is 24.0 Å². The van der Waals surface area contributed by atoms with E-state index in [4.69, 9.17) is 0 Å². The zero-order chi connectivity index (χ0) is 9.97. The van der Waals surface area contributed by atoms with Crippen LogP contribution in [0.5, 0.6) is 0 Å². The van der Waals surface area contributed by atoms with E-state index in [0.717, 1.165) is 12.6 Å². The lowest BCUT2D eigenvalue weighted by Crippen LogP contribution is -2.22. The predicted molar refractivity (Wildman–Crippen MR) is 60.6 cm³/mol. The maximum atomic E-state index is 3.57. The van der Waals surface area contributed by atoms with E-state index in [1.807, 2.05) is 0 Å². The van der Waals surface area contributed by atoms with Crippen LogP contribution in [0, 0.1) is 6.92 Å². The second-order valence-corrected chi connectivity index (χ2v) is 4.50.